The molecule has 0 saturated carbocycles. The Morgan fingerprint density at radius 2 is 1.76 bits per heavy atom. The average molecular weight is 475 g/mol. The predicted octanol–water partition coefficient (Wildman–Crippen LogP) is 0.537. The fourth-order valence-corrected chi connectivity index (χ4v) is 5.38. The molecule has 0 spiro atoms. The zero-order chi connectivity index (χ0) is 23.4. The fraction of sp³-hybridized carbons (Fsp3) is 0.409. The van der Waals surface area contributed by atoms with Crippen LogP contribution in [-0.2, 0) is 19.6 Å². The number of carbonyl (C=O) groups is 3. The maximum Gasteiger partial charge on any atom is 0.289 e. The molecule has 2 aliphatic rings. The molecule has 1 unspecified atom stereocenters. The van der Waals surface area contributed by atoms with Crippen molar-refractivity contribution < 1.29 is 27.2 Å². The molecule has 1 aromatic heterocycles. The first-order valence-corrected chi connectivity index (χ1v) is 12.4. The lowest BCUT2D eigenvalue weighted by Gasteiger charge is -2.33. The van der Waals surface area contributed by atoms with Crippen molar-refractivity contribution >= 4 is 33.4 Å². The Hall–Kier alpha value is -3.18. The molecule has 1 N–H and O–H groups in total. The van der Waals surface area contributed by atoms with Gasteiger partial charge in [0.15, 0.2) is 5.76 Å². The number of amides is 3. The zero-order valence-corrected chi connectivity index (χ0v) is 18.9. The van der Waals surface area contributed by atoms with Gasteiger partial charge in [-0.15, -0.1) is 0 Å². The first kappa shape index (κ1) is 23.0. The highest BCUT2D eigenvalue weighted by molar-refractivity contribution is 7.89. The van der Waals surface area contributed by atoms with E-state index in [0.717, 1.165) is 5.69 Å². The molecule has 10 nitrogen and oxygen atoms in total. The van der Waals surface area contributed by atoms with E-state index in [-0.39, 0.29) is 74.9 Å². The lowest BCUT2D eigenvalue weighted by molar-refractivity contribution is -0.126. The summed E-state index contributed by atoms with van der Waals surface area (Å²) in [4.78, 5) is 40.2. The summed E-state index contributed by atoms with van der Waals surface area (Å²) in [5.41, 5.74) is 0.741. The van der Waals surface area contributed by atoms with Crippen LogP contribution in [0.5, 0.6) is 0 Å². The van der Waals surface area contributed by atoms with Crippen molar-refractivity contribution in [3.63, 3.8) is 0 Å². The van der Waals surface area contributed by atoms with Crippen LogP contribution in [0.15, 0.2) is 53.1 Å². The Balaban J connectivity index is 1.23. The highest BCUT2D eigenvalue weighted by Gasteiger charge is 2.35. The summed E-state index contributed by atoms with van der Waals surface area (Å²) in [5, 5.41) is 2.66. The summed E-state index contributed by atoms with van der Waals surface area (Å²) in [7, 11) is -3.59. The Kier molecular flexibility index (Phi) is 6.80. The Labute approximate surface area is 192 Å². The maximum absolute atomic E-state index is 12.7. The number of hydrogen-bond donors (Lipinski definition) is 1. The highest BCUT2D eigenvalue weighted by atomic mass is 32.2. The van der Waals surface area contributed by atoms with Gasteiger partial charge in [-0.3, -0.25) is 14.4 Å². The van der Waals surface area contributed by atoms with E-state index in [4.69, 9.17) is 4.42 Å². The van der Waals surface area contributed by atoms with Crippen LogP contribution in [-0.4, -0.2) is 80.4 Å². The average Bonchev–Trinajstić information content (AvgIpc) is 3.49. The third kappa shape index (κ3) is 5.25. The summed E-state index contributed by atoms with van der Waals surface area (Å²) in [6.07, 6.45) is 1.52. The summed E-state index contributed by atoms with van der Waals surface area (Å²) in [5.74, 6) is -1.25. The number of para-hydroxylation sites is 1. The number of nitrogens with zero attached hydrogens (tertiary/aromatic N) is 3. The van der Waals surface area contributed by atoms with Gasteiger partial charge >= 0.3 is 0 Å². The minimum atomic E-state index is -3.59. The van der Waals surface area contributed by atoms with Crippen LogP contribution in [0.1, 0.15) is 17.0 Å². The monoisotopic (exact) mass is 474 g/mol. The molecule has 0 aliphatic carbocycles. The largest absolute Gasteiger partial charge is 0.459 e. The van der Waals surface area contributed by atoms with E-state index in [2.05, 4.69) is 5.32 Å². The van der Waals surface area contributed by atoms with Crippen LogP contribution in [0.2, 0.25) is 0 Å². The third-order valence-electron chi connectivity index (χ3n) is 5.87. The van der Waals surface area contributed by atoms with Gasteiger partial charge in [0, 0.05) is 51.4 Å². The number of anilines is 1. The smallest absolute Gasteiger partial charge is 0.289 e. The van der Waals surface area contributed by atoms with Gasteiger partial charge in [-0.1, -0.05) is 18.2 Å². The predicted molar refractivity (Wildman–Crippen MR) is 120 cm³/mol. The molecule has 4 rings (SSSR count). The zero-order valence-electron chi connectivity index (χ0n) is 18.1. The number of sulfonamides is 1. The second-order valence-corrected chi connectivity index (χ2v) is 10.1. The van der Waals surface area contributed by atoms with Crippen molar-refractivity contribution in [2.45, 2.75) is 6.42 Å². The summed E-state index contributed by atoms with van der Waals surface area (Å²) in [6, 6.07) is 12.3. The van der Waals surface area contributed by atoms with Gasteiger partial charge in [0.05, 0.1) is 17.9 Å². The number of piperazine rings is 1. The molecular formula is C22H26N4O6S. The number of carbonyl (C=O) groups excluding carboxylic acids is 3. The normalized spacial score (nSPS) is 19.6. The van der Waals surface area contributed by atoms with Crippen LogP contribution < -0.4 is 10.2 Å². The van der Waals surface area contributed by atoms with Crippen molar-refractivity contribution in [1.29, 1.82) is 0 Å². The summed E-state index contributed by atoms with van der Waals surface area (Å²) in [6.45, 7) is 1.14. The van der Waals surface area contributed by atoms with Crippen LogP contribution in [0.4, 0.5) is 5.69 Å². The minimum absolute atomic E-state index is 0.0390. The molecule has 11 heteroatoms. The molecular weight excluding hydrogens is 448 g/mol. The Morgan fingerprint density at radius 3 is 2.42 bits per heavy atom. The van der Waals surface area contributed by atoms with Gasteiger partial charge in [0.1, 0.15) is 0 Å². The molecule has 1 aromatic carbocycles. The number of hydrogen-bond acceptors (Lipinski definition) is 6. The molecule has 0 bridgehead atoms. The van der Waals surface area contributed by atoms with E-state index >= 15 is 0 Å². The van der Waals surface area contributed by atoms with Gasteiger partial charge < -0.3 is 19.5 Å². The number of rotatable bonds is 7. The first-order valence-electron chi connectivity index (χ1n) is 10.8. The van der Waals surface area contributed by atoms with Crippen LogP contribution in [0, 0.1) is 5.92 Å². The standard InChI is InChI=1S/C22H26N4O6S/c27-20-15-17(16-26(20)18-5-2-1-3-6-18)21(28)23-8-14-33(30,31)25-11-9-24(10-12-25)22(29)19-7-4-13-32-19/h1-7,13,17H,8-12,14-16H2,(H,23,28). The molecule has 176 valence electrons. The van der Waals surface area contributed by atoms with Crippen LogP contribution in [0.3, 0.4) is 0 Å². The molecule has 3 heterocycles. The van der Waals surface area contributed by atoms with E-state index in [9.17, 15) is 22.8 Å². The van der Waals surface area contributed by atoms with Gasteiger partial charge in [-0.25, -0.2) is 8.42 Å². The topological polar surface area (TPSA) is 120 Å². The molecule has 0 radical (unpaired) electrons. The van der Waals surface area contributed by atoms with E-state index in [1.54, 1.807) is 21.9 Å². The number of benzene rings is 1. The summed E-state index contributed by atoms with van der Waals surface area (Å²) < 4.78 is 31.8. The van der Waals surface area contributed by atoms with Crippen molar-refractivity contribution in [3.05, 3.63) is 54.5 Å². The van der Waals surface area contributed by atoms with E-state index in [1.807, 2.05) is 30.3 Å². The Morgan fingerprint density at radius 1 is 1.03 bits per heavy atom. The van der Waals surface area contributed by atoms with Gasteiger partial charge in [-0.2, -0.15) is 4.31 Å². The quantitative estimate of drug-likeness (QED) is 0.625. The molecule has 2 aliphatic heterocycles. The van der Waals surface area contributed by atoms with Crippen LogP contribution in [0.25, 0.3) is 0 Å². The van der Waals surface area contributed by atoms with Gasteiger partial charge in [0.2, 0.25) is 21.8 Å². The molecule has 33 heavy (non-hydrogen) atoms. The van der Waals surface area contributed by atoms with Gasteiger partial charge in [-0.05, 0) is 24.3 Å². The maximum atomic E-state index is 12.7. The van der Waals surface area contributed by atoms with Crippen molar-refractivity contribution in [1.82, 2.24) is 14.5 Å². The highest BCUT2D eigenvalue weighted by Crippen LogP contribution is 2.24. The molecule has 1 atom stereocenters. The van der Waals surface area contributed by atoms with Crippen molar-refractivity contribution in [2.75, 3.05) is 49.9 Å². The molecule has 2 aromatic rings. The SMILES string of the molecule is O=C(NCCS(=O)(=O)N1CCN(C(=O)c2ccco2)CC1)C1CC(=O)N(c2ccccc2)C1. The number of nitrogens with one attached hydrogen (secondary N) is 1. The molecule has 3 amide bonds. The van der Waals surface area contributed by atoms with E-state index < -0.39 is 15.9 Å². The van der Waals surface area contributed by atoms with E-state index in [0.29, 0.717) is 0 Å². The van der Waals surface area contributed by atoms with Crippen molar-refractivity contribution in [2.24, 2.45) is 5.92 Å². The molecule has 2 saturated heterocycles. The third-order valence-corrected chi connectivity index (χ3v) is 7.75. The lowest BCUT2D eigenvalue weighted by atomic mass is 10.1. The fourth-order valence-electron chi connectivity index (χ4n) is 4.04. The number of furan rings is 1. The van der Waals surface area contributed by atoms with Crippen LogP contribution >= 0.6 is 0 Å². The Bertz CT molecular complexity index is 1100. The second kappa shape index (κ2) is 9.75. The first-order chi connectivity index (χ1) is 15.8. The van der Waals surface area contributed by atoms with E-state index in [1.165, 1.54) is 10.6 Å². The van der Waals surface area contributed by atoms with Gasteiger partial charge in [0.25, 0.3) is 5.91 Å². The van der Waals surface area contributed by atoms with Crippen molar-refractivity contribution in [3.8, 4) is 0 Å². The molecule has 2 fully saturated rings. The summed E-state index contributed by atoms with van der Waals surface area (Å²) >= 11 is 0. The minimum Gasteiger partial charge on any atom is -0.459 e. The second-order valence-electron chi connectivity index (χ2n) is 8.02. The lowest BCUT2D eigenvalue weighted by Crippen LogP contribution is -2.51.